The molecule has 2 atom stereocenters. The summed E-state index contributed by atoms with van der Waals surface area (Å²) in [6.07, 6.45) is 6.26. The molecule has 1 aromatic heterocycles. The van der Waals surface area contributed by atoms with E-state index < -0.39 is 0 Å². The zero-order chi connectivity index (χ0) is 11.7. The molecule has 16 heavy (non-hydrogen) atoms. The highest BCUT2D eigenvalue weighted by molar-refractivity contribution is 5.44. The topological polar surface area (TPSA) is 47.1 Å². The van der Waals surface area contributed by atoms with Gasteiger partial charge in [0.1, 0.15) is 0 Å². The molecule has 1 saturated heterocycles. The number of hydrogen-bond donors (Lipinski definition) is 1. The van der Waals surface area contributed by atoms with Gasteiger partial charge in [-0.15, -0.1) is 0 Å². The summed E-state index contributed by atoms with van der Waals surface area (Å²) in [6.45, 7) is 7.58. The van der Waals surface area contributed by atoms with Crippen LogP contribution in [0.4, 0.5) is 5.69 Å². The Hall–Kier alpha value is -1.03. The zero-order valence-corrected chi connectivity index (χ0v) is 10.4. The van der Waals surface area contributed by atoms with Gasteiger partial charge in [0, 0.05) is 30.9 Å². The highest BCUT2D eigenvalue weighted by atomic mass is 15.3. The third kappa shape index (κ3) is 2.21. The van der Waals surface area contributed by atoms with Gasteiger partial charge in [0.05, 0.1) is 11.9 Å². The number of nitrogens with two attached hydrogens (primary N) is 1. The van der Waals surface area contributed by atoms with E-state index in [9.17, 15) is 0 Å². The first-order valence-electron chi connectivity index (χ1n) is 6.14. The Morgan fingerprint density at radius 3 is 2.81 bits per heavy atom. The monoisotopic (exact) mass is 222 g/mol. The molecule has 2 rings (SSSR count). The molecule has 0 bridgehead atoms. The van der Waals surface area contributed by atoms with Gasteiger partial charge in [-0.3, -0.25) is 4.68 Å². The van der Waals surface area contributed by atoms with E-state index in [2.05, 4.69) is 37.0 Å². The summed E-state index contributed by atoms with van der Waals surface area (Å²) in [5.41, 5.74) is 7.20. The SMILES string of the molecule is CC1CC(N)CCN1c1cnn(C(C)C)c1. The van der Waals surface area contributed by atoms with Gasteiger partial charge in [-0.1, -0.05) is 0 Å². The summed E-state index contributed by atoms with van der Waals surface area (Å²) in [5, 5.41) is 4.39. The van der Waals surface area contributed by atoms with Crippen LogP contribution in [0.2, 0.25) is 0 Å². The van der Waals surface area contributed by atoms with Gasteiger partial charge in [-0.2, -0.15) is 5.10 Å². The van der Waals surface area contributed by atoms with E-state index in [-0.39, 0.29) is 0 Å². The fraction of sp³-hybridized carbons (Fsp3) is 0.750. The maximum absolute atomic E-state index is 5.97. The molecule has 2 unspecified atom stereocenters. The first-order chi connectivity index (χ1) is 7.58. The number of nitrogens with zero attached hydrogens (tertiary/aromatic N) is 3. The van der Waals surface area contributed by atoms with Gasteiger partial charge < -0.3 is 10.6 Å². The van der Waals surface area contributed by atoms with Crippen molar-refractivity contribution in [3.8, 4) is 0 Å². The predicted molar refractivity (Wildman–Crippen MR) is 66.6 cm³/mol. The first kappa shape index (κ1) is 11.5. The van der Waals surface area contributed by atoms with Gasteiger partial charge in [0.25, 0.3) is 0 Å². The van der Waals surface area contributed by atoms with Crippen LogP contribution in [0.1, 0.15) is 39.7 Å². The molecule has 1 aliphatic heterocycles. The molecular weight excluding hydrogens is 200 g/mol. The number of hydrogen-bond acceptors (Lipinski definition) is 3. The zero-order valence-electron chi connectivity index (χ0n) is 10.4. The van der Waals surface area contributed by atoms with Crippen LogP contribution in [-0.2, 0) is 0 Å². The van der Waals surface area contributed by atoms with Gasteiger partial charge in [0.15, 0.2) is 0 Å². The quantitative estimate of drug-likeness (QED) is 0.829. The second kappa shape index (κ2) is 4.45. The van der Waals surface area contributed by atoms with Crippen molar-refractivity contribution in [1.29, 1.82) is 0 Å². The van der Waals surface area contributed by atoms with Crippen LogP contribution in [0.5, 0.6) is 0 Å². The number of piperidine rings is 1. The summed E-state index contributed by atoms with van der Waals surface area (Å²) in [5.74, 6) is 0. The standard InChI is InChI=1S/C12H22N4/c1-9(2)16-8-12(7-14-16)15-5-4-11(13)6-10(15)3/h7-11H,4-6,13H2,1-3H3. The summed E-state index contributed by atoms with van der Waals surface area (Å²) in [7, 11) is 0. The minimum atomic E-state index is 0.367. The number of anilines is 1. The van der Waals surface area contributed by atoms with E-state index in [0.29, 0.717) is 18.1 Å². The average Bonchev–Trinajstić information content (AvgIpc) is 2.66. The first-order valence-corrected chi connectivity index (χ1v) is 6.14. The fourth-order valence-corrected chi connectivity index (χ4v) is 2.35. The maximum atomic E-state index is 5.97. The lowest BCUT2D eigenvalue weighted by Crippen LogP contribution is -2.45. The van der Waals surface area contributed by atoms with Gasteiger partial charge in [-0.05, 0) is 33.6 Å². The Bertz CT molecular complexity index is 345. The molecule has 0 radical (unpaired) electrons. The normalized spacial score (nSPS) is 26.4. The lowest BCUT2D eigenvalue weighted by Gasteiger charge is -2.37. The lowest BCUT2D eigenvalue weighted by molar-refractivity contribution is 0.429. The van der Waals surface area contributed by atoms with Crippen LogP contribution in [0.3, 0.4) is 0 Å². The Balaban J connectivity index is 2.11. The van der Waals surface area contributed by atoms with E-state index in [1.54, 1.807) is 0 Å². The van der Waals surface area contributed by atoms with E-state index in [0.717, 1.165) is 19.4 Å². The van der Waals surface area contributed by atoms with Crippen molar-refractivity contribution in [1.82, 2.24) is 9.78 Å². The minimum Gasteiger partial charge on any atom is -0.366 e. The van der Waals surface area contributed by atoms with Crippen molar-refractivity contribution in [3.63, 3.8) is 0 Å². The van der Waals surface area contributed by atoms with Gasteiger partial charge >= 0.3 is 0 Å². The predicted octanol–water partition coefficient (Wildman–Crippen LogP) is 1.78. The van der Waals surface area contributed by atoms with E-state index >= 15 is 0 Å². The molecule has 2 N–H and O–H groups in total. The van der Waals surface area contributed by atoms with Crippen molar-refractivity contribution in [2.45, 2.75) is 51.7 Å². The summed E-state index contributed by atoms with van der Waals surface area (Å²) in [6, 6.07) is 1.32. The largest absolute Gasteiger partial charge is 0.366 e. The molecule has 0 saturated carbocycles. The molecule has 4 nitrogen and oxygen atoms in total. The molecule has 1 fully saturated rings. The molecule has 1 aromatic rings. The van der Waals surface area contributed by atoms with Crippen LogP contribution in [0.25, 0.3) is 0 Å². The molecular formula is C12H22N4. The Labute approximate surface area is 97.4 Å². The Morgan fingerprint density at radius 1 is 1.50 bits per heavy atom. The van der Waals surface area contributed by atoms with Gasteiger partial charge in [0.2, 0.25) is 0 Å². The highest BCUT2D eigenvalue weighted by Crippen LogP contribution is 2.24. The third-order valence-electron chi connectivity index (χ3n) is 3.37. The summed E-state index contributed by atoms with van der Waals surface area (Å²) >= 11 is 0. The molecule has 1 aliphatic rings. The van der Waals surface area contributed by atoms with Crippen molar-refractivity contribution >= 4 is 5.69 Å². The van der Waals surface area contributed by atoms with Gasteiger partial charge in [-0.25, -0.2) is 0 Å². The molecule has 0 amide bonds. The van der Waals surface area contributed by atoms with E-state index in [1.165, 1.54) is 5.69 Å². The molecule has 2 heterocycles. The second-order valence-corrected chi connectivity index (χ2v) is 5.10. The third-order valence-corrected chi connectivity index (χ3v) is 3.37. The van der Waals surface area contributed by atoms with Crippen molar-refractivity contribution in [3.05, 3.63) is 12.4 Å². The van der Waals surface area contributed by atoms with Crippen molar-refractivity contribution in [2.75, 3.05) is 11.4 Å². The molecule has 0 aliphatic carbocycles. The van der Waals surface area contributed by atoms with Crippen LogP contribution < -0.4 is 10.6 Å². The van der Waals surface area contributed by atoms with E-state index in [4.69, 9.17) is 5.73 Å². The molecule has 0 aromatic carbocycles. The smallest absolute Gasteiger partial charge is 0.0755 e. The second-order valence-electron chi connectivity index (χ2n) is 5.10. The average molecular weight is 222 g/mol. The summed E-state index contributed by atoms with van der Waals surface area (Å²) in [4.78, 5) is 2.41. The lowest BCUT2D eigenvalue weighted by atomic mass is 9.99. The van der Waals surface area contributed by atoms with Crippen LogP contribution in [0.15, 0.2) is 12.4 Å². The molecule has 0 spiro atoms. The van der Waals surface area contributed by atoms with E-state index in [1.807, 2.05) is 10.9 Å². The Morgan fingerprint density at radius 2 is 2.25 bits per heavy atom. The Kier molecular flexibility index (Phi) is 3.19. The van der Waals surface area contributed by atoms with Crippen LogP contribution in [0, 0.1) is 0 Å². The minimum absolute atomic E-state index is 0.367. The number of aromatic nitrogens is 2. The fourth-order valence-electron chi connectivity index (χ4n) is 2.35. The highest BCUT2D eigenvalue weighted by Gasteiger charge is 2.24. The van der Waals surface area contributed by atoms with Crippen molar-refractivity contribution < 1.29 is 0 Å². The van der Waals surface area contributed by atoms with Crippen LogP contribution >= 0.6 is 0 Å². The maximum Gasteiger partial charge on any atom is 0.0755 e. The van der Waals surface area contributed by atoms with Crippen molar-refractivity contribution in [2.24, 2.45) is 5.73 Å². The molecule has 4 heteroatoms. The number of rotatable bonds is 2. The molecule has 90 valence electrons. The van der Waals surface area contributed by atoms with Crippen LogP contribution in [-0.4, -0.2) is 28.4 Å². The summed E-state index contributed by atoms with van der Waals surface area (Å²) < 4.78 is 2.01.